The Labute approximate surface area is 177 Å². The van der Waals surface area contributed by atoms with Crippen LogP contribution in [0.4, 0.5) is 0 Å². The molecule has 0 saturated heterocycles. The van der Waals surface area contributed by atoms with Gasteiger partial charge in [0.2, 0.25) is 5.75 Å². The summed E-state index contributed by atoms with van der Waals surface area (Å²) in [7, 11) is 3.25. The molecule has 0 aliphatic rings. The monoisotopic (exact) mass is 420 g/mol. The van der Waals surface area contributed by atoms with Gasteiger partial charge in [-0.15, -0.1) is 11.3 Å². The van der Waals surface area contributed by atoms with Crippen LogP contribution in [0.2, 0.25) is 0 Å². The Morgan fingerprint density at radius 1 is 1.10 bits per heavy atom. The second-order valence-corrected chi connectivity index (χ2v) is 7.41. The Morgan fingerprint density at radius 3 is 2.38 bits per heavy atom. The quantitative estimate of drug-likeness (QED) is 0.428. The average Bonchev–Trinajstić information content (AvgIpc) is 3.20. The van der Waals surface area contributed by atoms with Crippen molar-refractivity contribution in [1.29, 1.82) is 0 Å². The molecule has 0 aliphatic carbocycles. The molecule has 0 unspecified atom stereocenters. The third kappa shape index (κ3) is 6.81. The Kier molecular flexibility index (Phi) is 9.56. The minimum atomic E-state index is 0.492. The van der Waals surface area contributed by atoms with E-state index in [1.54, 1.807) is 25.6 Å². The second-order valence-electron chi connectivity index (χ2n) is 6.21. The summed E-state index contributed by atoms with van der Waals surface area (Å²) in [5.74, 6) is 2.67. The fourth-order valence-corrected chi connectivity index (χ4v) is 3.60. The van der Waals surface area contributed by atoms with E-state index < -0.39 is 0 Å². The van der Waals surface area contributed by atoms with Gasteiger partial charge in [-0.05, 0) is 38.0 Å². The zero-order valence-corrected chi connectivity index (χ0v) is 18.8. The molecule has 1 aromatic heterocycles. The fraction of sp³-hybridized carbons (Fsp3) is 0.524. The van der Waals surface area contributed by atoms with Crippen molar-refractivity contribution in [2.24, 2.45) is 4.99 Å². The molecule has 0 aliphatic heterocycles. The Balaban J connectivity index is 2.04. The van der Waals surface area contributed by atoms with Crippen LogP contribution in [0.5, 0.6) is 17.2 Å². The van der Waals surface area contributed by atoms with Crippen LogP contribution in [0.25, 0.3) is 0 Å². The van der Waals surface area contributed by atoms with Crippen LogP contribution in [0.3, 0.4) is 0 Å². The first-order chi connectivity index (χ1) is 14.1. The molecule has 7 nitrogen and oxygen atoms in total. The van der Waals surface area contributed by atoms with Crippen LogP contribution >= 0.6 is 11.3 Å². The van der Waals surface area contributed by atoms with Crippen molar-refractivity contribution >= 4 is 17.3 Å². The molecular formula is C21H32N4O3S. The number of aromatic nitrogens is 1. The predicted octanol–water partition coefficient (Wildman–Crippen LogP) is 3.42. The summed E-state index contributed by atoms with van der Waals surface area (Å²) in [6, 6.07) is 3.87. The SMILES string of the molecule is CCNC(=NCc1cc(OC)c(OCC)c(OC)c1)NCCc1ncc(CC)s1. The topological polar surface area (TPSA) is 77.0 Å². The van der Waals surface area contributed by atoms with Gasteiger partial charge in [-0.2, -0.15) is 0 Å². The first-order valence-electron chi connectivity index (χ1n) is 9.98. The molecule has 2 N–H and O–H groups in total. The Bertz CT molecular complexity index is 767. The van der Waals surface area contributed by atoms with Crippen molar-refractivity contribution in [3.05, 3.63) is 33.8 Å². The highest BCUT2D eigenvalue weighted by atomic mass is 32.1. The Morgan fingerprint density at radius 2 is 1.83 bits per heavy atom. The van der Waals surface area contributed by atoms with Crippen LogP contribution in [-0.4, -0.2) is 44.9 Å². The van der Waals surface area contributed by atoms with E-state index in [-0.39, 0.29) is 0 Å². The molecule has 2 aromatic rings. The number of guanidine groups is 1. The maximum Gasteiger partial charge on any atom is 0.203 e. The van der Waals surface area contributed by atoms with Gasteiger partial charge in [-0.25, -0.2) is 9.98 Å². The van der Waals surface area contributed by atoms with E-state index in [9.17, 15) is 0 Å². The van der Waals surface area contributed by atoms with Gasteiger partial charge in [-0.3, -0.25) is 0 Å². The molecule has 1 heterocycles. The largest absolute Gasteiger partial charge is 0.493 e. The van der Waals surface area contributed by atoms with Crippen molar-refractivity contribution in [3.8, 4) is 17.2 Å². The van der Waals surface area contributed by atoms with Gasteiger partial charge in [0.25, 0.3) is 0 Å². The maximum atomic E-state index is 5.66. The standard InChI is InChI=1S/C21H32N4O3S/c1-6-16-14-24-19(29-16)9-10-23-21(22-7-2)25-13-15-11-17(26-4)20(28-8-3)18(12-15)27-5/h11-12,14H,6-10,13H2,1-5H3,(H2,22,23,25). The van der Waals surface area contributed by atoms with Crippen molar-refractivity contribution < 1.29 is 14.2 Å². The van der Waals surface area contributed by atoms with Crippen molar-refractivity contribution in [1.82, 2.24) is 15.6 Å². The summed E-state index contributed by atoms with van der Waals surface area (Å²) in [4.78, 5) is 10.5. The van der Waals surface area contributed by atoms with E-state index >= 15 is 0 Å². The molecule has 29 heavy (non-hydrogen) atoms. The number of nitrogens with zero attached hydrogens (tertiary/aromatic N) is 2. The number of methoxy groups -OCH3 is 2. The second kappa shape index (κ2) is 12.2. The number of hydrogen-bond acceptors (Lipinski definition) is 6. The summed E-state index contributed by atoms with van der Waals surface area (Å²) in [5.41, 5.74) is 0.979. The summed E-state index contributed by atoms with van der Waals surface area (Å²) >= 11 is 1.77. The summed E-state index contributed by atoms with van der Waals surface area (Å²) < 4.78 is 16.6. The molecule has 0 atom stereocenters. The van der Waals surface area contributed by atoms with Gasteiger partial charge in [-0.1, -0.05) is 6.92 Å². The molecule has 0 amide bonds. The molecule has 0 radical (unpaired) electrons. The number of aliphatic imine (C=N–C) groups is 1. The zero-order chi connectivity index (χ0) is 21.1. The minimum absolute atomic E-state index is 0.492. The van der Waals surface area contributed by atoms with E-state index in [1.165, 1.54) is 4.88 Å². The first kappa shape index (κ1) is 22.8. The highest BCUT2D eigenvalue weighted by Gasteiger charge is 2.14. The summed E-state index contributed by atoms with van der Waals surface area (Å²) in [6.07, 6.45) is 3.87. The van der Waals surface area contributed by atoms with Gasteiger partial charge in [0.1, 0.15) is 0 Å². The Hall–Kier alpha value is -2.48. The van der Waals surface area contributed by atoms with Crippen LogP contribution in [0.1, 0.15) is 36.2 Å². The molecule has 8 heteroatoms. The number of thiazole rings is 1. The lowest BCUT2D eigenvalue weighted by atomic mass is 10.2. The van der Waals surface area contributed by atoms with Crippen LogP contribution < -0.4 is 24.8 Å². The lowest BCUT2D eigenvalue weighted by molar-refractivity contribution is 0.288. The summed E-state index contributed by atoms with van der Waals surface area (Å²) in [6.45, 7) is 8.73. The summed E-state index contributed by atoms with van der Waals surface area (Å²) in [5, 5.41) is 7.80. The predicted molar refractivity (Wildman–Crippen MR) is 119 cm³/mol. The van der Waals surface area contributed by atoms with Gasteiger partial charge in [0.05, 0.1) is 32.4 Å². The van der Waals surface area contributed by atoms with E-state index in [1.807, 2.05) is 25.3 Å². The first-order valence-corrected chi connectivity index (χ1v) is 10.8. The van der Waals surface area contributed by atoms with E-state index in [4.69, 9.17) is 14.2 Å². The number of aryl methyl sites for hydroxylation is 1. The van der Waals surface area contributed by atoms with Crippen molar-refractivity contribution in [3.63, 3.8) is 0 Å². The molecule has 0 spiro atoms. The fourth-order valence-electron chi connectivity index (χ4n) is 2.74. The lowest BCUT2D eigenvalue weighted by Crippen LogP contribution is -2.38. The molecule has 0 saturated carbocycles. The molecule has 1 aromatic carbocycles. The van der Waals surface area contributed by atoms with Crippen LogP contribution in [0, 0.1) is 0 Å². The van der Waals surface area contributed by atoms with Crippen LogP contribution in [-0.2, 0) is 19.4 Å². The minimum Gasteiger partial charge on any atom is -0.493 e. The number of rotatable bonds is 11. The molecule has 0 fully saturated rings. The van der Waals surface area contributed by atoms with Crippen molar-refractivity contribution in [2.45, 2.75) is 40.2 Å². The van der Waals surface area contributed by atoms with Gasteiger partial charge in [0, 0.05) is 30.6 Å². The average molecular weight is 421 g/mol. The highest BCUT2D eigenvalue weighted by Crippen LogP contribution is 2.38. The van der Waals surface area contributed by atoms with Gasteiger partial charge in [0.15, 0.2) is 17.5 Å². The number of ether oxygens (including phenoxy) is 3. The van der Waals surface area contributed by atoms with Crippen molar-refractivity contribution in [2.75, 3.05) is 33.9 Å². The van der Waals surface area contributed by atoms with Crippen LogP contribution in [0.15, 0.2) is 23.3 Å². The highest BCUT2D eigenvalue weighted by molar-refractivity contribution is 7.11. The number of benzene rings is 1. The van der Waals surface area contributed by atoms with E-state index in [0.717, 1.165) is 42.5 Å². The lowest BCUT2D eigenvalue weighted by Gasteiger charge is -2.15. The normalized spacial score (nSPS) is 11.3. The molecular weight excluding hydrogens is 388 g/mol. The number of hydrogen-bond donors (Lipinski definition) is 2. The maximum absolute atomic E-state index is 5.66. The third-order valence-electron chi connectivity index (χ3n) is 4.15. The zero-order valence-electron chi connectivity index (χ0n) is 18.0. The van der Waals surface area contributed by atoms with E-state index in [0.29, 0.717) is 30.4 Å². The molecule has 0 bridgehead atoms. The number of nitrogens with one attached hydrogen (secondary N) is 2. The third-order valence-corrected chi connectivity index (χ3v) is 5.36. The smallest absolute Gasteiger partial charge is 0.203 e. The molecule has 2 rings (SSSR count). The van der Waals surface area contributed by atoms with Gasteiger partial charge < -0.3 is 24.8 Å². The van der Waals surface area contributed by atoms with Gasteiger partial charge >= 0.3 is 0 Å². The van der Waals surface area contributed by atoms with E-state index in [2.05, 4.69) is 34.5 Å². The molecule has 160 valence electrons.